The summed E-state index contributed by atoms with van der Waals surface area (Å²) in [7, 11) is 0. The number of benzene rings is 3. The molecule has 38 heavy (non-hydrogen) atoms. The first-order valence-corrected chi connectivity index (χ1v) is 14.4. The molecule has 5 rings (SSSR count). The Morgan fingerprint density at radius 1 is 1.03 bits per heavy atom. The lowest BCUT2D eigenvalue weighted by Crippen LogP contribution is -2.58. The number of ether oxygens (including phenoxy) is 3. The highest BCUT2D eigenvalue weighted by molar-refractivity contribution is 6.31. The van der Waals surface area contributed by atoms with Crippen LogP contribution in [0.1, 0.15) is 74.8 Å². The Morgan fingerprint density at radius 3 is 2.45 bits per heavy atom. The second kappa shape index (κ2) is 13.5. The van der Waals surface area contributed by atoms with E-state index in [2.05, 4.69) is 55.1 Å². The number of fused-ring (bicyclic) bond motifs is 1. The number of hydrogen-bond donors (Lipinski definition) is 0. The van der Waals surface area contributed by atoms with Gasteiger partial charge in [-0.1, -0.05) is 86.1 Å². The zero-order chi connectivity index (χ0) is 27.0. The first-order chi connectivity index (χ1) is 18.6. The third kappa shape index (κ3) is 6.51. The average Bonchev–Trinajstić information content (AvgIpc) is 2.94. The van der Waals surface area contributed by atoms with Crippen LogP contribution in [0.25, 0.3) is 0 Å². The number of halogens is 1. The highest BCUT2D eigenvalue weighted by atomic mass is 35.5. The Hall–Kier alpha value is -2.59. The molecule has 3 aromatic carbocycles. The molecule has 0 radical (unpaired) electrons. The van der Waals surface area contributed by atoms with Gasteiger partial charge in [-0.25, -0.2) is 0 Å². The zero-order valence-corrected chi connectivity index (χ0v) is 23.8. The van der Waals surface area contributed by atoms with Gasteiger partial charge in [-0.2, -0.15) is 0 Å². The van der Waals surface area contributed by atoms with Crippen LogP contribution < -0.4 is 4.74 Å². The molecule has 3 aromatic rings. The predicted octanol–water partition coefficient (Wildman–Crippen LogP) is 9.13. The lowest BCUT2D eigenvalue weighted by molar-refractivity contribution is -0.259. The van der Waals surface area contributed by atoms with Gasteiger partial charge in [0.05, 0.1) is 31.0 Å². The third-order valence-corrected chi connectivity index (χ3v) is 8.06. The minimum atomic E-state index is -0.180. The molecule has 0 aromatic heterocycles. The Balaban J connectivity index is 0.00000164. The maximum absolute atomic E-state index is 6.86. The summed E-state index contributed by atoms with van der Waals surface area (Å²) in [6, 6.07) is 25.0. The van der Waals surface area contributed by atoms with Crippen LogP contribution in [0, 0.1) is 5.92 Å². The molecule has 0 spiro atoms. The molecule has 202 valence electrons. The molecule has 1 heterocycles. The molecule has 3 unspecified atom stereocenters. The molecule has 0 amide bonds. The van der Waals surface area contributed by atoms with Gasteiger partial charge in [-0.15, -0.1) is 6.58 Å². The Labute approximate surface area is 233 Å². The fourth-order valence-electron chi connectivity index (χ4n) is 5.74. The van der Waals surface area contributed by atoms with Crippen molar-refractivity contribution in [3.8, 4) is 5.75 Å². The van der Waals surface area contributed by atoms with Crippen molar-refractivity contribution in [1.29, 1.82) is 0 Å². The molecule has 4 atom stereocenters. The van der Waals surface area contributed by atoms with Gasteiger partial charge in [0.15, 0.2) is 0 Å². The molecular weight excluding hydrogens is 492 g/mol. The van der Waals surface area contributed by atoms with Gasteiger partial charge >= 0.3 is 0 Å². The van der Waals surface area contributed by atoms with E-state index in [4.69, 9.17) is 25.8 Å². The molecule has 1 saturated heterocycles. The van der Waals surface area contributed by atoms with Crippen molar-refractivity contribution in [3.63, 3.8) is 0 Å². The highest BCUT2D eigenvalue weighted by Crippen LogP contribution is 2.55. The first-order valence-electron chi connectivity index (χ1n) is 14.0. The lowest BCUT2D eigenvalue weighted by atomic mass is 9.62. The standard InChI is InChI=1S/C32H35ClO3.C2H6/c1-3-17-32-18-16-28(32)31(35-22-24-8-6-5-7-9-24)21-30(36-32)25-12-15-29(33)26(20-25)19-23-10-13-27(14-11-23)34-4-2;1-2/h3,5-15,20,28,30-31H,1,4,16-19,21-22H2,2H3;1-2H3/t28-,30?,31?,32?;/m1./s1. The fourth-order valence-corrected chi connectivity index (χ4v) is 5.93. The summed E-state index contributed by atoms with van der Waals surface area (Å²) in [5, 5.41) is 0.780. The highest BCUT2D eigenvalue weighted by Gasteiger charge is 2.55. The van der Waals surface area contributed by atoms with E-state index in [1.54, 1.807) is 0 Å². The van der Waals surface area contributed by atoms with E-state index in [0.29, 0.717) is 19.1 Å². The minimum Gasteiger partial charge on any atom is -0.494 e. The van der Waals surface area contributed by atoms with Gasteiger partial charge in [0.2, 0.25) is 0 Å². The van der Waals surface area contributed by atoms with Crippen molar-refractivity contribution in [3.05, 3.63) is 113 Å². The van der Waals surface area contributed by atoms with Gasteiger partial charge in [0.1, 0.15) is 5.75 Å². The number of rotatable bonds is 10. The molecule has 1 aliphatic heterocycles. The molecule has 1 aliphatic carbocycles. The molecule has 2 aliphatic rings. The maximum Gasteiger partial charge on any atom is 0.119 e. The Morgan fingerprint density at radius 2 is 1.79 bits per heavy atom. The Kier molecular flexibility index (Phi) is 10.1. The third-order valence-electron chi connectivity index (χ3n) is 7.69. The van der Waals surface area contributed by atoms with Gasteiger partial charge in [-0.3, -0.25) is 0 Å². The summed E-state index contributed by atoms with van der Waals surface area (Å²) in [6.45, 7) is 11.3. The molecule has 3 nitrogen and oxygen atoms in total. The fraction of sp³-hybridized carbons (Fsp3) is 0.412. The molecule has 0 bridgehead atoms. The van der Waals surface area contributed by atoms with E-state index in [1.807, 2.05) is 51.1 Å². The van der Waals surface area contributed by atoms with Crippen LogP contribution in [0.15, 0.2) is 85.5 Å². The molecule has 1 saturated carbocycles. The largest absolute Gasteiger partial charge is 0.494 e. The summed E-state index contributed by atoms with van der Waals surface area (Å²) in [5.74, 6) is 1.30. The summed E-state index contributed by atoms with van der Waals surface area (Å²) in [4.78, 5) is 0. The van der Waals surface area contributed by atoms with Crippen LogP contribution in [0.5, 0.6) is 5.75 Å². The topological polar surface area (TPSA) is 27.7 Å². The first kappa shape index (κ1) is 28.4. The van der Waals surface area contributed by atoms with Gasteiger partial charge < -0.3 is 14.2 Å². The maximum atomic E-state index is 6.86. The predicted molar refractivity (Wildman–Crippen MR) is 157 cm³/mol. The van der Waals surface area contributed by atoms with E-state index in [-0.39, 0.29) is 17.8 Å². The van der Waals surface area contributed by atoms with E-state index >= 15 is 0 Å². The van der Waals surface area contributed by atoms with Gasteiger partial charge in [0.25, 0.3) is 0 Å². The second-order valence-electron chi connectivity index (χ2n) is 9.98. The quantitative estimate of drug-likeness (QED) is 0.244. The smallest absolute Gasteiger partial charge is 0.119 e. The van der Waals surface area contributed by atoms with Gasteiger partial charge in [-0.05, 0) is 73.1 Å². The monoisotopic (exact) mass is 532 g/mol. The average molecular weight is 533 g/mol. The van der Waals surface area contributed by atoms with E-state index in [1.165, 1.54) is 16.7 Å². The van der Waals surface area contributed by atoms with Crippen molar-refractivity contribution < 1.29 is 14.2 Å². The second-order valence-corrected chi connectivity index (χ2v) is 10.4. The van der Waals surface area contributed by atoms with Crippen LogP contribution in [0.4, 0.5) is 0 Å². The number of hydrogen-bond acceptors (Lipinski definition) is 3. The SMILES string of the molecule is C=CCC12CC[C@@H]1C(OCc1ccccc1)CC(c1ccc(Cl)c(Cc3ccc(OCC)cc3)c1)O2.CC. The molecule has 4 heteroatoms. The van der Waals surface area contributed by atoms with Crippen molar-refractivity contribution in [2.75, 3.05) is 6.61 Å². The summed E-state index contributed by atoms with van der Waals surface area (Å²) >= 11 is 6.65. The van der Waals surface area contributed by atoms with Crippen LogP contribution in [-0.2, 0) is 22.5 Å². The lowest BCUT2D eigenvalue weighted by Gasteiger charge is -2.57. The molecule has 2 fully saturated rings. The molecule has 0 N–H and O–H groups in total. The van der Waals surface area contributed by atoms with Crippen molar-refractivity contribution in [2.24, 2.45) is 5.92 Å². The van der Waals surface area contributed by atoms with Crippen LogP contribution in [0.2, 0.25) is 5.02 Å². The van der Waals surface area contributed by atoms with Gasteiger partial charge in [0, 0.05) is 17.4 Å². The molecular formula is C34H41ClO3. The van der Waals surface area contributed by atoms with Crippen molar-refractivity contribution in [2.45, 2.75) is 77.3 Å². The Bertz CT molecular complexity index is 1160. The van der Waals surface area contributed by atoms with Crippen LogP contribution in [-0.4, -0.2) is 18.3 Å². The summed E-state index contributed by atoms with van der Waals surface area (Å²) in [6.07, 6.45) is 6.79. The normalized spacial score (nSPS) is 23.8. The zero-order valence-electron chi connectivity index (χ0n) is 23.0. The van der Waals surface area contributed by atoms with E-state index < -0.39 is 0 Å². The van der Waals surface area contributed by atoms with Crippen molar-refractivity contribution in [1.82, 2.24) is 0 Å². The van der Waals surface area contributed by atoms with E-state index in [0.717, 1.165) is 48.4 Å². The summed E-state index contributed by atoms with van der Waals surface area (Å²) in [5.41, 5.74) is 4.51. The minimum absolute atomic E-state index is 0.0291. The van der Waals surface area contributed by atoms with E-state index in [9.17, 15) is 0 Å². The van der Waals surface area contributed by atoms with Crippen molar-refractivity contribution >= 4 is 11.6 Å². The summed E-state index contributed by atoms with van der Waals surface area (Å²) < 4.78 is 19.0. The van der Waals surface area contributed by atoms with Crippen LogP contribution >= 0.6 is 11.6 Å². The van der Waals surface area contributed by atoms with Crippen LogP contribution in [0.3, 0.4) is 0 Å².